The van der Waals surface area contributed by atoms with E-state index in [4.69, 9.17) is 21.1 Å². The van der Waals surface area contributed by atoms with Crippen molar-refractivity contribution in [3.8, 4) is 0 Å². The minimum Gasteiger partial charge on any atom is -0.462 e. The van der Waals surface area contributed by atoms with Crippen LogP contribution < -0.4 is 5.43 Å². The summed E-state index contributed by atoms with van der Waals surface area (Å²) in [5.74, 6) is -0.866. The summed E-state index contributed by atoms with van der Waals surface area (Å²) in [5, 5.41) is 1.91. The molecular weight excluding hydrogens is 668 g/mol. The maximum Gasteiger partial charge on any atom is 0.339 e. The van der Waals surface area contributed by atoms with Crippen molar-refractivity contribution >= 4 is 60.8 Å². The van der Waals surface area contributed by atoms with Crippen LogP contribution in [0, 0.1) is 0 Å². The monoisotopic (exact) mass is 706 g/mol. The molecule has 0 fully saturated rings. The first-order valence-corrected chi connectivity index (χ1v) is 17.7. The quantitative estimate of drug-likeness (QED) is 0.0610. The Kier molecular flexibility index (Phi) is 14.9. The minimum absolute atomic E-state index is 0.0231. The largest absolute Gasteiger partial charge is 0.462 e. The smallest absolute Gasteiger partial charge is 0.339 e. The van der Waals surface area contributed by atoms with Crippen molar-refractivity contribution in [2.45, 2.75) is 39.5 Å². The zero-order chi connectivity index (χ0) is 35.7. The van der Waals surface area contributed by atoms with Gasteiger partial charge < -0.3 is 9.47 Å². The Hall–Kier alpha value is -5.11. The van der Waals surface area contributed by atoms with Crippen LogP contribution in [0.5, 0.6) is 0 Å². The first-order chi connectivity index (χ1) is 24.3. The highest BCUT2D eigenvalue weighted by molar-refractivity contribution is 7.24. The van der Waals surface area contributed by atoms with Crippen LogP contribution in [0.25, 0.3) is 20.2 Å². The van der Waals surface area contributed by atoms with Gasteiger partial charge in [-0.25, -0.2) is 9.59 Å². The van der Waals surface area contributed by atoms with Crippen molar-refractivity contribution in [1.29, 1.82) is 0 Å². The van der Waals surface area contributed by atoms with E-state index in [1.165, 1.54) is 0 Å². The normalized spacial score (nSPS) is 10.3. The number of esters is 2. The third kappa shape index (κ3) is 10.4. The molecule has 5 aromatic carbocycles. The van der Waals surface area contributed by atoms with Crippen molar-refractivity contribution in [3.63, 3.8) is 0 Å². The van der Waals surface area contributed by atoms with E-state index < -0.39 is 11.9 Å². The maximum atomic E-state index is 12.2. The van der Waals surface area contributed by atoms with Crippen LogP contribution in [-0.4, -0.2) is 30.9 Å². The second kappa shape index (κ2) is 19.8. The molecule has 0 aliphatic heterocycles. The minimum atomic E-state index is -0.471. The van der Waals surface area contributed by atoms with E-state index in [1.807, 2.05) is 111 Å². The van der Waals surface area contributed by atoms with Gasteiger partial charge in [-0.1, -0.05) is 129 Å². The van der Waals surface area contributed by atoms with Crippen LogP contribution >= 0.6 is 22.9 Å². The number of fused-ring (bicyclic) bond motifs is 2. The molecule has 6 aromatic rings. The van der Waals surface area contributed by atoms with Crippen molar-refractivity contribution < 1.29 is 23.9 Å². The van der Waals surface area contributed by atoms with Crippen LogP contribution in [-0.2, 0) is 9.47 Å². The highest BCUT2D eigenvalue weighted by Gasteiger charge is 2.18. The lowest BCUT2D eigenvalue weighted by Crippen LogP contribution is -2.14. The number of unbranched alkanes of at least 4 members (excludes halogenated alkanes) is 2. The third-order valence-corrected chi connectivity index (χ3v) is 8.91. The predicted molar refractivity (Wildman–Crippen MR) is 204 cm³/mol. The van der Waals surface area contributed by atoms with Gasteiger partial charge >= 0.3 is 11.9 Å². The van der Waals surface area contributed by atoms with Crippen molar-refractivity contribution in [3.05, 3.63) is 165 Å². The molecule has 0 unspecified atom stereocenters. The molecule has 1 aromatic heterocycles. The van der Waals surface area contributed by atoms with Gasteiger partial charge in [0.05, 0.1) is 34.7 Å². The van der Waals surface area contributed by atoms with Gasteiger partial charge in [0.1, 0.15) is 0 Å². The van der Waals surface area contributed by atoms with E-state index in [2.05, 4.69) is 0 Å². The Morgan fingerprint density at radius 3 is 1.56 bits per heavy atom. The molecule has 0 saturated heterocycles. The van der Waals surface area contributed by atoms with Crippen LogP contribution in [0.4, 0.5) is 0 Å². The van der Waals surface area contributed by atoms with Crippen LogP contribution in [0.3, 0.4) is 0 Å². The molecule has 0 aliphatic rings. The summed E-state index contributed by atoms with van der Waals surface area (Å²) in [6, 6.07) is 38.4. The van der Waals surface area contributed by atoms with Crippen LogP contribution in [0.15, 0.2) is 132 Å². The molecule has 256 valence electrons. The maximum absolute atomic E-state index is 12.2. The highest BCUT2D eigenvalue weighted by Crippen LogP contribution is 2.28. The molecule has 6 nitrogen and oxygen atoms in total. The number of hydrogen-bond acceptors (Lipinski definition) is 7. The van der Waals surface area contributed by atoms with Gasteiger partial charge in [-0.2, -0.15) is 0 Å². The SMILES string of the molecule is CCCCOC(=O)c1ccccc1C(=O)OCCCC.O=C(c1ccccc1)c1ccccc1.O=c1c2ccccc2sc2cccc(Cl)c12. The molecule has 1 heterocycles. The first kappa shape index (κ1) is 37.7. The summed E-state index contributed by atoms with van der Waals surface area (Å²) in [6.07, 6.45) is 3.53. The van der Waals surface area contributed by atoms with Crippen molar-refractivity contribution in [2.24, 2.45) is 0 Å². The van der Waals surface area contributed by atoms with E-state index in [1.54, 1.807) is 41.7 Å². The molecule has 6 rings (SSSR count). The number of ketones is 1. The molecule has 0 N–H and O–H groups in total. The van der Waals surface area contributed by atoms with Crippen molar-refractivity contribution in [1.82, 2.24) is 0 Å². The Labute approximate surface area is 301 Å². The molecule has 0 saturated carbocycles. The number of halogens is 1. The van der Waals surface area contributed by atoms with Gasteiger partial charge in [0.2, 0.25) is 0 Å². The molecule has 0 aliphatic carbocycles. The van der Waals surface area contributed by atoms with Gasteiger partial charge in [-0.05, 0) is 49.2 Å². The second-order valence-corrected chi connectivity index (χ2v) is 12.6. The molecular formula is C42H39ClO6S. The van der Waals surface area contributed by atoms with Gasteiger partial charge in [-0.15, -0.1) is 11.3 Å². The van der Waals surface area contributed by atoms with Gasteiger partial charge in [0.25, 0.3) is 0 Å². The molecule has 50 heavy (non-hydrogen) atoms. The summed E-state index contributed by atoms with van der Waals surface area (Å²) in [5.41, 5.74) is 2.03. The van der Waals surface area contributed by atoms with Gasteiger partial charge in [0.15, 0.2) is 11.2 Å². The van der Waals surface area contributed by atoms with E-state index >= 15 is 0 Å². The van der Waals surface area contributed by atoms with Crippen LogP contribution in [0.2, 0.25) is 5.02 Å². The Balaban J connectivity index is 0.000000171. The van der Waals surface area contributed by atoms with Gasteiger partial charge in [0, 0.05) is 25.9 Å². The molecule has 0 radical (unpaired) electrons. The highest BCUT2D eigenvalue weighted by atomic mass is 35.5. The Morgan fingerprint density at radius 1 is 0.580 bits per heavy atom. The number of rotatable bonds is 10. The molecule has 0 bridgehead atoms. The number of carbonyl (C=O) groups is 3. The third-order valence-electron chi connectivity index (χ3n) is 7.45. The summed E-state index contributed by atoms with van der Waals surface area (Å²) < 4.78 is 12.2. The average molecular weight is 707 g/mol. The van der Waals surface area contributed by atoms with E-state index in [0.717, 1.165) is 51.6 Å². The first-order valence-electron chi connectivity index (χ1n) is 16.5. The lowest BCUT2D eigenvalue weighted by atomic mass is 10.0. The number of benzene rings is 5. The lowest BCUT2D eigenvalue weighted by molar-refractivity contribution is 0.0452. The topological polar surface area (TPSA) is 86.7 Å². The zero-order valence-electron chi connectivity index (χ0n) is 28.1. The van der Waals surface area contributed by atoms with Crippen LogP contribution in [0.1, 0.15) is 76.2 Å². The number of hydrogen-bond donors (Lipinski definition) is 0. The summed E-state index contributed by atoms with van der Waals surface area (Å²) in [7, 11) is 0. The summed E-state index contributed by atoms with van der Waals surface area (Å²) >= 11 is 7.66. The summed E-state index contributed by atoms with van der Waals surface area (Å²) in [4.78, 5) is 48.0. The van der Waals surface area contributed by atoms with Gasteiger partial charge in [-0.3, -0.25) is 9.59 Å². The molecule has 8 heteroatoms. The Bertz CT molecular complexity index is 1990. The number of ether oxygens (including phenoxy) is 2. The van der Waals surface area contributed by atoms with Crippen molar-refractivity contribution in [2.75, 3.05) is 13.2 Å². The molecule has 0 atom stereocenters. The predicted octanol–water partition coefficient (Wildman–Crippen LogP) is 10.6. The number of carbonyl (C=O) groups excluding carboxylic acids is 3. The van der Waals surface area contributed by atoms with E-state index in [9.17, 15) is 19.2 Å². The fourth-order valence-electron chi connectivity index (χ4n) is 4.76. The second-order valence-electron chi connectivity index (χ2n) is 11.1. The van der Waals surface area contributed by atoms with E-state index in [0.29, 0.717) is 23.6 Å². The zero-order valence-corrected chi connectivity index (χ0v) is 29.7. The summed E-state index contributed by atoms with van der Waals surface area (Å²) in [6.45, 7) is 4.78. The fraction of sp³-hybridized carbons (Fsp3) is 0.190. The molecule has 0 amide bonds. The standard InChI is InChI=1S/C16H22O4.C13H7ClOS.C13H10O/c1-3-5-11-19-15(17)13-9-7-8-10-14(13)16(18)20-12-6-4-2;14-9-5-3-7-11-12(9)13(15)8-4-1-2-6-10(8)16-11;14-13(11-7-3-1-4-8-11)12-9-5-2-6-10-12/h7-10H,3-6,11-12H2,1-2H3;1-7H;1-10H. The lowest BCUT2D eigenvalue weighted by Gasteiger charge is -2.09. The fourth-order valence-corrected chi connectivity index (χ4v) is 6.19. The average Bonchev–Trinajstić information content (AvgIpc) is 3.16. The Morgan fingerprint density at radius 2 is 1.04 bits per heavy atom. The molecule has 0 spiro atoms. The van der Waals surface area contributed by atoms with E-state index in [-0.39, 0.29) is 22.3 Å².